The average Bonchev–Trinajstić information content (AvgIpc) is 1.41. The first-order valence-corrected chi connectivity index (χ1v) is 60.1. The molecule has 1 N–H and O–H groups in total. The number of aromatic carboxylic acids is 1. The number of hydrogen-bond acceptors (Lipinski definition) is 9. The first-order valence-electron chi connectivity index (χ1n) is 44.5. The van der Waals surface area contributed by atoms with Gasteiger partial charge < -0.3 is 40.0 Å². The van der Waals surface area contributed by atoms with Gasteiger partial charge >= 0.3 is 5.97 Å². The van der Waals surface area contributed by atoms with Crippen molar-refractivity contribution in [2.75, 3.05) is 0 Å². The van der Waals surface area contributed by atoms with Gasteiger partial charge in [0, 0.05) is 150 Å². The largest absolute Gasteiger partial charge is 0.477 e. The summed E-state index contributed by atoms with van der Waals surface area (Å²) in [6, 6.07) is 128. The maximum Gasteiger partial charge on any atom is 0.354 e. The van der Waals surface area contributed by atoms with E-state index in [4.69, 9.17) is 10.1 Å². The molecule has 13 heterocycles. The van der Waals surface area contributed by atoms with Gasteiger partial charge in [-0.3, -0.25) is 0 Å². The van der Waals surface area contributed by atoms with Crippen molar-refractivity contribution in [3.8, 4) is 101 Å². The van der Waals surface area contributed by atoms with Crippen molar-refractivity contribution in [1.29, 1.82) is 0 Å². The summed E-state index contributed by atoms with van der Waals surface area (Å²) in [7, 11) is -6.86. The molecule has 10 nitrogen and oxygen atoms in total. The summed E-state index contributed by atoms with van der Waals surface area (Å²) in [6.07, 6.45) is 20.0. The summed E-state index contributed by atoms with van der Waals surface area (Å²) >= 11 is 0. The normalized spacial score (nSPS) is 13.8. The summed E-state index contributed by atoms with van der Waals surface area (Å²) in [5, 5.41) is 19.0. The van der Waals surface area contributed by atoms with Crippen molar-refractivity contribution in [3.05, 3.63) is 417 Å². The summed E-state index contributed by atoms with van der Waals surface area (Å²) in [5.41, 5.74) is 26.0. The molecule has 0 saturated carbocycles. The molecule has 5 radical (unpaired) electrons. The molecule has 687 valence electrons. The van der Waals surface area contributed by atoms with Crippen LogP contribution in [-0.2, 0) is 120 Å². The zero-order chi connectivity index (χ0) is 90.0. The molecule has 0 unspecified atom stereocenters. The Bertz CT molecular complexity index is 6510. The number of nitrogens with zero attached hydrogens (tertiary/aromatic N) is 8. The number of benzene rings is 9. The van der Waals surface area contributed by atoms with Crippen molar-refractivity contribution in [3.63, 3.8) is 0 Å². The van der Waals surface area contributed by atoms with Crippen LogP contribution in [0.1, 0.15) is 45.7 Å². The smallest absolute Gasteiger partial charge is 0.354 e. The summed E-state index contributed by atoms with van der Waals surface area (Å²) in [4.78, 5) is 45.7. The quantitative estimate of drug-likeness (QED) is 0.115. The first kappa shape index (κ1) is 106. The summed E-state index contributed by atoms with van der Waals surface area (Å²) in [5.74, 6) is -0.990. The van der Waals surface area contributed by atoms with Gasteiger partial charge in [-0.15, -0.1) is 251 Å². The van der Waals surface area contributed by atoms with Gasteiger partial charge in [0.1, 0.15) is 21.8 Å². The van der Waals surface area contributed by atoms with Crippen LogP contribution in [0.3, 0.4) is 0 Å². The third-order valence-corrected chi connectivity index (χ3v) is 42.4. The predicted octanol–water partition coefficient (Wildman–Crippen LogP) is 22.7. The van der Waals surface area contributed by atoms with Crippen LogP contribution >= 0.6 is 0 Å². The van der Waals surface area contributed by atoms with Crippen LogP contribution in [0.2, 0.25) is 83.6 Å². The second-order valence-electron chi connectivity index (χ2n) is 35.9. The van der Waals surface area contributed by atoms with Gasteiger partial charge in [-0.25, -0.2) is 9.78 Å². The molecule has 0 aliphatic carbocycles. The maximum atomic E-state index is 10.1. The molecular weight excluding hydrogens is 2610 g/mol. The Hall–Kier alpha value is -10.0. The minimum absolute atomic E-state index is 0. The second-order valence-corrected chi connectivity index (χ2v) is 58.9. The number of pyridine rings is 8. The van der Waals surface area contributed by atoms with Crippen LogP contribution in [0.15, 0.2) is 347 Å². The Kier molecular flexibility index (Phi) is 38.9. The Balaban J connectivity index is 0.000000159. The molecule has 5 aliphatic rings. The minimum atomic E-state index is -1.69. The molecular formula is C114H107Ir5N8O2Si5-7. The van der Waals surface area contributed by atoms with Crippen LogP contribution in [-0.4, -0.2) is 91.3 Å². The van der Waals surface area contributed by atoms with E-state index in [-0.39, 0.29) is 106 Å². The third-order valence-electron chi connectivity index (χ3n) is 24.9. The van der Waals surface area contributed by atoms with E-state index in [0.717, 1.165) is 84.5 Å². The Morgan fingerprint density at radius 1 is 0.291 bits per heavy atom. The Morgan fingerprint density at radius 3 is 1.07 bits per heavy atom. The van der Waals surface area contributed by atoms with Crippen molar-refractivity contribution >= 4 is 82.6 Å². The Labute approximate surface area is 865 Å². The molecule has 9 aromatic carbocycles. The number of rotatable bonds is 8. The monoisotopic (exact) mass is 2720 g/mol. The fourth-order valence-electron chi connectivity index (χ4n) is 17.9. The average molecular weight is 2720 g/mol. The van der Waals surface area contributed by atoms with Crippen LogP contribution in [0, 0.1) is 49.4 Å². The van der Waals surface area contributed by atoms with E-state index in [1.807, 2.05) is 189 Å². The van der Waals surface area contributed by atoms with Gasteiger partial charge in [-0.05, 0) is 151 Å². The van der Waals surface area contributed by atoms with Crippen LogP contribution in [0.5, 0.6) is 0 Å². The third kappa shape index (κ3) is 26.0. The van der Waals surface area contributed by atoms with Crippen molar-refractivity contribution in [2.24, 2.45) is 0 Å². The predicted molar refractivity (Wildman–Crippen MR) is 546 cm³/mol. The summed E-state index contributed by atoms with van der Waals surface area (Å²) in [6.45, 7) is 26.4. The molecule has 5 aliphatic heterocycles. The van der Waals surface area contributed by atoms with Gasteiger partial charge in [0.05, 0.1) is 24.2 Å². The molecule has 0 bridgehead atoms. The molecule has 20 heteroatoms. The molecule has 0 saturated heterocycles. The summed E-state index contributed by atoms with van der Waals surface area (Å²) < 4.78 is 0. The number of carboxylic acids is 1. The van der Waals surface area contributed by atoms with E-state index in [2.05, 4.69) is 277 Å². The zero-order valence-corrected chi connectivity index (χ0v) is 94.1. The standard InChI is InChI=1S/2C19H16NSi.2C16H18NSi.C15H16NSi.C12H10N.C11H8N.C6H5NO2.5Ir/c1-21(2)18-11-7-6-10-15(18)16-13-20-17(12-19(16)21)14-8-4-3-5-9-14;1-21(2)17-11-7-6-10-15(17)16-12-13-20-18(19(16)21)14-8-4-3-5-9-14;2*1-18(2)10-6-9-14-11-15(17-12-16(14)18)13-7-4-3-5-8-13;1-17(2)9-8-13-10-14(16-11-15(13)17)12-6-4-3-5-7-12;1-10-6-5-9-12(13-10)11-7-3-2-4-8-11;1-2-6-10(7-3-1)11-8-4-5-9-12-11;8-6(9)5-3-1-2-4-7-5;;;;;/h2*3-8,10-13H,1-2H3;2*3-5,7,11-12H,6,9-10H2,1-2H3;3-6,10-11H,8-9H2,1-2H3;2-7,9H,1H3;1-6,8-9H;1-4H,(H,8,9);;;;;/q7*-1;;;;;;. The van der Waals surface area contributed by atoms with E-state index in [0.29, 0.717) is 0 Å². The first-order chi connectivity index (χ1) is 62.5. The maximum absolute atomic E-state index is 10.1. The van der Waals surface area contributed by atoms with Gasteiger partial charge in [0.25, 0.3) is 0 Å². The molecule has 17 aromatic rings. The van der Waals surface area contributed by atoms with E-state index in [1.54, 1.807) is 33.9 Å². The minimum Gasteiger partial charge on any atom is -0.477 e. The molecule has 0 fully saturated rings. The fourth-order valence-corrected chi connectivity index (χ4v) is 32.6. The van der Waals surface area contributed by atoms with Crippen LogP contribution < -0.4 is 36.3 Å². The van der Waals surface area contributed by atoms with E-state index < -0.39 is 46.3 Å². The Morgan fingerprint density at radius 2 is 0.657 bits per heavy atom. The van der Waals surface area contributed by atoms with E-state index in [1.165, 1.54) is 122 Å². The molecule has 22 rings (SSSR count). The molecule has 0 spiro atoms. The number of aryl methyl sites for hydroxylation is 4. The second kappa shape index (κ2) is 49.1. The van der Waals surface area contributed by atoms with Crippen molar-refractivity contribution in [1.82, 2.24) is 39.9 Å². The SMILES string of the molecule is C[Si]1(C)CCCc2cc(-c3[c-]cccc3)ncc21.C[Si]1(C)CCCc2cc(-c3[c-]cccc3)ncc21.C[Si]1(C)CCc2cc(-c3[c-]cccc3)ncc21.C[Si]1(C)c2ccccc2-c2ccnc(-c3[c-]cccc3)c21.C[Si]1(C)c2ccccc2-c2cnc(-c3[c-]cccc3)cc21.Cc1cccc(-c2[c-]cccc2)n1.O=C(O)c1ccccn1.[Ir].[Ir].[Ir].[Ir].[Ir].[c-]1ccccc1-c1ccccn1. The van der Waals surface area contributed by atoms with Gasteiger partial charge in [0.2, 0.25) is 0 Å². The molecule has 134 heavy (non-hydrogen) atoms. The van der Waals surface area contributed by atoms with Gasteiger partial charge in [-0.1, -0.05) is 221 Å². The van der Waals surface area contributed by atoms with Gasteiger partial charge in [-0.2, -0.15) is 0 Å². The number of carbonyl (C=O) groups is 1. The topological polar surface area (TPSA) is 140 Å². The van der Waals surface area contributed by atoms with Crippen molar-refractivity contribution < 1.29 is 110 Å². The number of aromatic nitrogens is 8. The number of carboxylic acid groups (broad SMARTS) is 1. The molecule has 8 aromatic heterocycles. The zero-order valence-electron chi connectivity index (χ0n) is 77.2. The van der Waals surface area contributed by atoms with E-state index in [9.17, 15) is 4.79 Å². The fraction of sp³-hybridized carbons (Fsp3) is 0.167. The molecule has 0 amide bonds. The van der Waals surface area contributed by atoms with Crippen LogP contribution in [0.4, 0.5) is 0 Å². The number of fused-ring (bicyclic) bond motifs is 9. The van der Waals surface area contributed by atoms with E-state index >= 15 is 0 Å². The van der Waals surface area contributed by atoms with Crippen molar-refractivity contribution in [2.45, 2.75) is 123 Å². The molecule has 0 atom stereocenters. The van der Waals surface area contributed by atoms with Crippen LogP contribution in [0.25, 0.3) is 101 Å². The van der Waals surface area contributed by atoms with Gasteiger partial charge in [0.15, 0.2) is 0 Å². The number of hydrogen-bond donors (Lipinski definition) is 1.